The largest absolute Gasteiger partial charge is 0.323 e. The summed E-state index contributed by atoms with van der Waals surface area (Å²) >= 11 is 0. The Labute approximate surface area is 136 Å². The summed E-state index contributed by atoms with van der Waals surface area (Å²) in [4.78, 5) is 20.7. The molecule has 8 heteroatoms. The molecule has 2 heterocycles. The van der Waals surface area contributed by atoms with Crippen molar-refractivity contribution >= 4 is 37.6 Å². The molecule has 120 valence electrons. The minimum atomic E-state index is -3.79. The molecule has 0 bridgehead atoms. The molecule has 0 atom stereocenters. The average Bonchev–Trinajstić information content (AvgIpc) is 2.93. The van der Waals surface area contributed by atoms with E-state index in [0.29, 0.717) is 16.7 Å². The number of nitrogens with zero attached hydrogens (tertiary/aromatic N) is 1. The summed E-state index contributed by atoms with van der Waals surface area (Å²) in [5, 5.41) is 0.836. The number of aromatic nitrogens is 3. The molecule has 0 saturated carbocycles. The number of pyridine rings is 1. The van der Waals surface area contributed by atoms with Crippen molar-refractivity contribution in [3.8, 4) is 0 Å². The first-order valence-electron chi connectivity index (χ1n) is 7.11. The second-order valence-corrected chi connectivity index (χ2v) is 6.99. The van der Waals surface area contributed by atoms with Crippen LogP contribution < -0.4 is 10.4 Å². The van der Waals surface area contributed by atoms with Crippen LogP contribution in [0.1, 0.15) is 0 Å². The highest BCUT2D eigenvalue weighted by molar-refractivity contribution is 7.92. The van der Waals surface area contributed by atoms with E-state index in [2.05, 4.69) is 19.7 Å². The number of sulfonamides is 1. The van der Waals surface area contributed by atoms with Gasteiger partial charge in [0.25, 0.3) is 10.0 Å². The van der Waals surface area contributed by atoms with Crippen molar-refractivity contribution < 1.29 is 8.42 Å². The van der Waals surface area contributed by atoms with Gasteiger partial charge in [-0.05, 0) is 30.3 Å². The lowest BCUT2D eigenvalue weighted by Crippen LogP contribution is -2.13. The summed E-state index contributed by atoms with van der Waals surface area (Å²) in [5.74, 6) is 0. The number of benzene rings is 2. The molecule has 0 amide bonds. The number of hydrogen-bond donors (Lipinski definition) is 3. The average molecular weight is 340 g/mol. The summed E-state index contributed by atoms with van der Waals surface area (Å²) in [5.41, 5.74) is 1.75. The van der Waals surface area contributed by atoms with E-state index in [1.807, 2.05) is 24.3 Å². The van der Waals surface area contributed by atoms with Gasteiger partial charge < -0.3 is 9.97 Å². The van der Waals surface area contributed by atoms with Crippen LogP contribution in [0.3, 0.4) is 0 Å². The molecule has 2 aromatic carbocycles. The lowest BCUT2D eigenvalue weighted by atomic mass is 10.2. The van der Waals surface area contributed by atoms with Crippen molar-refractivity contribution in [1.82, 2.24) is 15.0 Å². The molecule has 0 fully saturated rings. The first kappa shape index (κ1) is 14.5. The molecule has 24 heavy (non-hydrogen) atoms. The number of para-hydroxylation sites is 1. The second kappa shape index (κ2) is 5.20. The zero-order valence-corrected chi connectivity index (χ0v) is 13.1. The third-order valence-electron chi connectivity index (χ3n) is 3.64. The van der Waals surface area contributed by atoms with E-state index < -0.39 is 10.0 Å². The van der Waals surface area contributed by atoms with E-state index in [4.69, 9.17) is 0 Å². The predicted molar refractivity (Wildman–Crippen MR) is 91.5 cm³/mol. The lowest BCUT2D eigenvalue weighted by Gasteiger charge is -2.08. The lowest BCUT2D eigenvalue weighted by molar-refractivity contribution is 0.601. The number of imidazole rings is 1. The Balaban J connectivity index is 1.73. The van der Waals surface area contributed by atoms with Gasteiger partial charge in [-0.15, -0.1) is 0 Å². The molecule has 0 saturated heterocycles. The Kier molecular flexibility index (Phi) is 3.14. The molecule has 0 aliphatic rings. The van der Waals surface area contributed by atoms with E-state index >= 15 is 0 Å². The number of aromatic amines is 2. The Morgan fingerprint density at radius 1 is 0.958 bits per heavy atom. The number of hydrogen-bond acceptors (Lipinski definition) is 4. The second-order valence-electron chi connectivity index (χ2n) is 5.31. The zero-order chi connectivity index (χ0) is 16.7. The van der Waals surface area contributed by atoms with Crippen molar-refractivity contribution in [2.24, 2.45) is 0 Å². The molecule has 0 spiro atoms. The summed E-state index contributed by atoms with van der Waals surface area (Å²) in [6.45, 7) is 0. The number of fused-ring (bicyclic) bond motifs is 2. The van der Waals surface area contributed by atoms with Crippen LogP contribution in [0.15, 0.2) is 64.4 Å². The van der Waals surface area contributed by atoms with Crippen LogP contribution in [0.25, 0.3) is 21.9 Å². The van der Waals surface area contributed by atoms with Gasteiger partial charge in [-0.25, -0.2) is 13.2 Å². The van der Waals surface area contributed by atoms with E-state index in [1.54, 1.807) is 12.1 Å². The number of nitrogens with one attached hydrogen (secondary N) is 3. The van der Waals surface area contributed by atoms with Crippen LogP contribution in [-0.4, -0.2) is 23.4 Å². The van der Waals surface area contributed by atoms with Crippen LogP contribution in [0.4, 0.5) is 5.69 Å². The van der Waals surface area contributed by atoms with Gasteiger partial charge in [0.1, 0.15) is 0 Å². The zero-order valence-electron chi connectivity index (χ0n) is 12.3. The van der Waals surface area contributed by atoms with Crippen LogP contribution in [-0.2, 0) is 10.0 Å². The molecule has 4 rings (SSSR count). The predicted octanol–water partition coefficient (Wildman–Crippen LogP) is 2.21. The van der Waals surface area contributed by atoms with Crippen molar-refractivity contribution in [3.05, 3.63) is 65.2 Å². The maximum atomic E-state index is 12.5. The van der Waals surface area contributed by atoms with Crippen LogP contribution in [0, 0.1) is 0 Å². The fourth-order valence-corrected chi connectivity index (χ4v) is 3.58. The van der Waals surface area contributed by atoms with Crippen LogP contribution in [0.2, 0.25) is 0 Å². The molecule has 0 radical (unpaired) electrons. The Bertz CT molecular complexity index is 1220. The van der Waals surface area contributed by atoms with Crippen molar-refractivity contribution in [3.63, 3.8) is 0 Å². The van der Waals surface area contributed by atoms with E-state index in [0.717, 1.165) is 10.9 Å². The molecule has 0 unspecified atom stereocenters. The molecule has 3 N–H and O–H groups in total. The highest BCUT2D eigenvalue weighted by Crippen LogP contribution is 2.21. The molecule has 0 aliphatic carbocycles. The van der Waals surface area contributed by atoms with Crippen LogP contribution >= 0.6 is 0 Å². The van der Waals surface area contributed by atoms with E-state index in [9.17, 15) is 13.2 Å². The van der Waals surface area contributed by atoms with Gasteiger partial charge >= 0.3 is 5.69 Å². The van der Waals surface area contributed by atoms with Crippen LogP contribution in [0.5, 0.6) is 0 Å². The highest BCUT2D eigenvalue weighted by Gasteiger charge is 2.16. The van der Waals surface area contributed by atoms with Gasteiger partial charge in [-0.2, -0.15) is 0 Å². The molecule has 7 nitrogen and oxygen atoms in total. The smallest absolute Gasteiger partial charge is 0.306 e. The third-order valence-corrected chi connectivity index (χ3v) is 5.02. The highest BCUT2D eigenvalue weighted by atomic mass is 32.2. The monoisotopic (exact) mass is 340 g/mol. The van der Waals surface area contributed by atoms with Gasteiger partial charge in [-0.1, -0.05) is 18.2 Å². The summed E-state index contributed by atoms with van der Waals surface area (Å²) in [7, 11) is -3.79. The van der Waals surface area contributed by atoms with Gasteiger partial charge in [0, 0.05) is 5.39 Å². The summed E-state index contributed by atoms with van der Waals surface area (Å²) in [6, 6.07) is 13.5. The fourth-order valence-electron chi connectivity index (χ4n) is 2.52. The van der Waals surface area contributed by atoms with Crippen molar-refractivity contribution in [2.75, 3.05) is 4.72 Å². The number of rotatable bonds is 3. The normalized spacial score (nSPS) is 11.8. The van der Waals surface area contributed by atoms with Gasteiger partial charge in [0.05, 0.1) is 33.3 Å². The van der Waals surface area contributed by atoms with Crippen molar-refractivity contribution in [2.45, 2.75) is 4.90 Å². The Morgan fingerprint density at radius 2 is 1.75 bits per heavy atom. The Morgan fingerprint density at radius 3 is 2.62 bits per heavy atom. The van der Waals surface area contributed by atoms with Gasteiger partial charge in [-0.3, -0.25) is 9.71 Å². The minimum Gasteiger partial charge on any atom is -0.306 e. The molecule has 4 aromatic rings. The molecule has 0 aliphatic heterocycles. The van der Waals surface area contributed by atoms with E-state index in [-0.39, 0.29) is 10.6 Å². The minimum absolute atomic E-state index is 0.0541. The first-order valence-corrected chi connectivity index (χ1v) is 8.59. The van der Waals surface area contributed by atoms with E-state index in [1.165, 1.54) is 18.3 Å². The summed E-state index contributed by atoms with van der Waals surface area (Å²) in [6.07, 6.45) is 1.47. The fraction of sp³-hybridized carbons (Fsp3) is 0. The topological polar surface area (TPSA) is 108 Å². The standard InChI is InChI=1S/C16H12N4O3S/c21-16-18-14-6-5-12(8-15(14)19-16)24(22,23)20-11-7-10-3-1-2-4-13(10)17-9-11/h1-9,20H,(H2,18,19,21). The quantitative estimate of drug-likeness (QED) is 0.531. The third kappa shape index (κ3) is 2.52. The summed E-state index contributed by atoms with van der Waals surface area (Å²) < 4.78 is 27.6. The molecular formula is C16H12N4O3S. The van der Waals surface area contributed by atoms with Gasteiger partial charge in [0.2, 0.25) is 0 Å². The molecule has 2 aromatic heterocycles. The van der Waals surface area contributed by atoms with Crippen molar-refractivity contribution in [1.29, 1.82) is 0 Å². The number of H-pyrrole nitrogens is 2. The number of anilines is 1. The van der Waals surface area contributed by atoms with Gasteiger partial charge in [0.15, 0.2) is 0 Å². The Hall–Kier alpha value is -3.13. The maximum Gasteiger partial charge on any atom is 0.323 e. The SMILES string of the molecule is O=c1[nH]c2ccc(S(=O)(=O)Nc3cnc4ccccc4c3)cc2[nH]1. The maximum absolute atomic E-state index is 12.5. The first-order chi connectivity index (χ1) is 11.5. The molecular weight excluding hydrogens is 328 g/mol.